The van der Waals surface area contributed by atoms with Gasteiger partial charge in [-0.1, -0.05) is 47.5 Å². The van der Waals surface area contributed by atoms with Crippen LogP contribution in [0.2, 0.25) is 0 Å². The molecule has 0 saturated heterocycles. The van der Waals surface area contributed by atoms with Crippen molar-refractivity contribution in [1.82, 2.24) is 9.13 Å². The van der Waals surface area contributed by atoms with E-state index in [0.717, 1.165) is 69.3 Å². The molecule has 2 aromatic heterocycles. The van der Waals surface area contributed by atoms with Crippen LogP contribution in [0.25, 0.3) is 77.2 Å². The summed E-state index contributed by atoms with van der Waals surface area (Å²) in [5.74, 6) is 0. The van der Waals surface area contributed by atoms with Crippen molar-refractivity contribution in [2.75, 3.05) is 0 Å². The van der Waals surface area contributed by atoms with Gasteiger partial charge in [-0.3, -0.25) is 0 Å². The van der Waals surface area contributed by atoms with Crippen molar-refractivity contribution in [3.63, 3.8) is 0 Å². The minimum atomic E-state index is -4.80. The molecular weight excluding hydrogens is 802 g/mol. The minimum Gasteiger partial charge on any atom is -0.309 e. The molecule has 2 heterocycles. The molecule has 3 nitrogen and oxygen atoms in total. The number of nitrogens with zero attached hydrogens (tertiary/aromatic N) is 3. The van der Waals surface area contributed by atoms with E-state index in [-0.39, 0.29) is 33.1 Å². The van der Waals surface area contributed by atoms with Crippen LogP contribution in [0.3, 0.4) is 0 Å². The van der Waals surface area contributed by atoms with E-state index >= 15 is 0 Å². The Labute approximate surface area is 342 Å². The lowest BCUT2D eigenvalue weighted by Gasteiger charge is -2.20. The molecule has 304 valence electrons. The number of aromatic nitrogens is 2. The average molecular weight is 832 g/mol. The fourth-order valence-corrected chi connectivity index (χ4v) is 8.40. The second-order valence-corrected chi connectivity index (χ2v) is 15.3. The van der Waals surface area contributed by atoms with E-state index in [1.807, 2.05) is 54.8 Å². The topological polar surface area (TPSA) is 33.6 Å². The Morgan fingerprint density at radius 1 is 0.393 bits per heavy atom. The first-order chi connectivity index (χ1) is 28.8. The van der Waals surface area contributed by atoms with Crippen LogP contribution in [-0.4, -0.2) is 9.13 Å². The molecule has 0 spiro atoms. The van der Waals surface area contributed by atoms with E-state index in [9.17, 15) is 44.8 Å². The number of hydrogen-bond acceptors (Lipinski definition) is 1. The van der Waals surface area contributed by atoms with Gasteiger partial charge in [0.05, 0.1) is 61.8 Å². The summed E-state index contributed by atoms with van der Waals surface area (Å²) < 4.78 is 131. The normalized spacial score (nSPS) is 12.6. The molecule has 0 radical (unpaired) electrons. The molecule has 0 saturated carbocycles. The predicted octanol–water partition coefficient (Wildman–Crippen LogP) is 15.1. The molecule has 0 atom stereocenters. The van der Waals surface area contributed by atoms with E-state index in [0.29, 0.717) is 33.5 Å². The summed E-state index contributed by atoms with van der Waals surface area (Å²) >= 11 is 0. The maximum Gasteiger partial charge on any atom is 0.416 e. The SMILES string of the molecule is Cc1cc(-c2ccc(-c3ccc(C#N)cc3-n3c4ccc(C(F)(F)F)cc4c4cc(C(F)(F)F)ccc43)c(-n3c4ccc(C)cc4c4cc(C)ccc43)c2)cc(C(F)(F)F)c1. The van der Waals surface area contributed by atoms with Crippen LogP contribution in [0.1, 0.15) is 38.9 Å². The van der Waals surface area contributed by atoms with Crippen LogP contribution in [0, 0.1) is 32.1 Å². The van der Waals surface area contributed by atoms with Crippen molar-refractivity contribution in [2.45, 2.75) is 39.3 Å². The zero-order valence-electron chi connectivity index (χ0n) is 32.4. The number of nitriles is 1. The van der Waals surface area contributed by atoms with Gasteiger partial charge in [0.1, 0.15) is 0 Å². The maximum atomic E-state index is 14.1. The fraction of sp³-hybridized carbons (Fsp3) is 0.122. The van der Waals surface area contributed by atoms with Gasteiger partial charge in [0.15, 0.2) is 0 Å². The zero-order valence-corrected chi connectivity index (χ0v) is 32.4. The molecule has 0 aliphatic carbocycles. The highest BCUT2D eigenvalue weighted by Crippen LogP contribution is 2.45. The van der Waals surface area contributed by atoms with Crippen LogP contribution in [0.4, 0.5) is 39.5 Å². The highest BCUT2D eigenvalue weighted by molar-refractivity contribution is 6.12. The van der Waals surface area contributed by atoms with Gasteiger partial charge >= 0.3 is 18.5 Å². The number of fused-ring (bicyclic) bond motifs is 6. The quantitative estimate of drug-likeness (QED) is 0.163. The van der Waals surface area contributed by atoms with Crippen molar-refractivity contribution in [3.05, 3.63) is 166 Å². The first kappa shape index (κ1) is 39.5. The molecule has 0 aliphatic rings. The Kier molecular flexibility index (Phi) is 8.91. The molecule has 0 N–H and O–H groups in total. The first-order valence-electron chi connectivity index (χ1n) is 18.9. The summed E-state index contributed by atoms with van der Waals surface area (Å²) in [6.07, 6.45) is -14.2. The van der Waals surface area contributed by atoms with Crippen molar-refractivity contribution in [2.24, 2.45) is 0 Å². The van der Waals surface area contributed by atoms with E-state index in [2.05, 4.69) is 6.07 Å². The number of hydrogen-bond donors (Lipinski definition) is 0. The highest BCUT2D eigenvalue weighted by Gasteiger charge is 2.34. The smallest absolute Gasteiger partial charge is 0.309 e. The summed E-state index contributed by atoms with van der Waals surface area (Å²) in [7, 11) is 0. The Balaban J connectivity index is 1.41. The third-order valence-electron chi connectivity index (χ3n) is 11.1. The van der Waals surface area contributed by atoms with Gasteiger partial charge in [0, 0.05) is 32.7 Å². The van der Waals surface area contributed by atoms with Crippen LogP contribution < -0.4 is 0 Å². The van der Waals surface area contributed by atoms with Crippen molar-refractivity contribution in [1.29, 1.82) is 5.26 Å². The molecule has 0 unspecified atom stereocenters. The predicted molar refractivity (Wildman–Crippen MR) is 220 cm³/mol. The van der Waals surface area contributed by atoms with Crippen LogP contribution in [-0.2, 0) is 18.5 Å². The number of rotatable bonds is 4. The Bertz CT molecular complexity index is 3190. The Morgan fingerprint density at radius 3 is 1.31 bits per heavy atom. The van der Waals surface area contributed by atoms with Gasteiger partial charge in [0.2, 0.25) is 0 Å². The van der Waals surface area contributed by atoms with Crippen LogP contribution >= 0.6 is 0 Å². The van der Waals surface area contributed by atoms with Crippen molar-refractivity contribution < 1.29 is 39.5 Å². The summed E-state index contributed by atoms with van der Waals surface area (Å²) in [6.45, 7) is 5.50. The van der Waals surface area contributed by atoms with Gasteiger partial charge in [-0.25, -0.2) is 0 Å². The molecule has 12 heteroatoms. The van der Waals surface area contributed by atoms with E-state index in [1.165, 1.54) is 18.2 Å². The standard InChI is InChI=1S/C49H30F9N3/c1-26-4-12-41-37(18-26)38-19-27(2)5-13-42(38)61(41)46-22-30(31-16-28(3)17-34(21-31)49(56,57)58)7-11-36(46)35-10-6-29(25-59)20-45(35)60-43-14-8-32(47(50,51)52)23-39(43)40-24-33(48(53,54)55)9-15-44(40)60/h4-24H,1-3H3. The third kappa shape index (κ3) is 6.74. The van der Waals surface area contributed by atoms with Crippen LogP contribution in [0.5, 0.6) is 0 Å². The maximum absolute atomic E-state index is 14.1. The van der Waals surface area contributed by atoms with E-state index in [4.69, 9.17) is 0 Å². The number of alkyl halides is 9. The number of halogens is 9. The fourth-order valence-electron chi connectivity index (χ4n) is 8.40. The van der Waals surface area contributed by atoms with Gasteiger partial charge in [-0.15, -0.1) is 0 Å². The van der Waals surface area contributed by atoms with Gasteiger partial charge in [0.25, 0.3) is 0 Å². The Hall–Kier alpha value is -7.00. The van der Waals surface area contributed by atoms with Gasteiger partial charge in [-0.2, -0.15) is 44.8 Å². The second kappa shape index (κ2) is 13.8. The lowest BCUT2D eigenvalue weighted by atomic mass is 9.94. The van der Waals surface area contributed by atoms with Crippen molar-refractivity contribution >= 4 is 43.6 Å². The lowest BCUT2D eigenvalue weighted by molar-refractivity contribution is -0.138. The molecule has 7 aromatic carbocycles. The molecule has 0 amide bonds. The van der Waals surface area contributed by atoms with Gasteiger partial charge < -0.3 is 9.13 Å². The van der Waals surface area contributed by atoms with Crippen molar-refractivity contribution in [3.8, 4) is 39.7 Å². The van der Waals surface area contributed by atoms with E-state index in [1.54, 1.807) is 47.9 Å². The van der Waals surface area contributed by atoms with Gasteiger partial charge in [-0.05, 0) is 128 Å². The highest BCUT2D eigenvalue weighted by atomic mass is 19.4. The summed E-state index contributed by atoms with van der Waals surface area (Å²) in [5, 5.41) is 11.8. The minimum absolute atomic E-state index is 0.0899. The van der Waals surface area contributed by atoms with E-state index < -0.39 is 35.2 Å². The molecule has 0 fully saturated rings. The van der Waals surface area contributed by atoms with Crippen LogP contribution in [0.15, 0.2) is 127 Å². The molecule has 61 heavy (non-hydrogen) atoms. The first-order valence-corrected chi connectivity index (χ1v) is 18.9. The molecule has 9 rings (SSSR count). The zero-order chi connectivity index (χ0) is 43.3. The largest absolute Gasteiger partial charge is 0.416 e. The Morgan fingerprint density at radius 2 is 0.836 bits per heavy atom. The monoisotopic (exact) mass is 831 g/mol. The second-order valence-electron chi connectivity index (χ2n) is 15.3. The molecule has 9 aromatic rings. The number of aryl methyl sites for hydroxylation is 3. The number of benzene rings is 7. The summed E-state index contributed by atoms with van der Waals surface area (Å²) in [5.41, 5.74) is 3.96. The molecule has 0 aliphatic heterocycles. The molecule has 0 bridgehead atoms. The molecular formula is C49H30F9N3. The third-order valence-corrected chi connectivity index (χ3v) is 11.1. The summed E-state index contributed by atoms with van der Waals surface area (Å²) in [6, 6.07) is 33.5. The average Bonchev–Trinajstić information content (AvgIpc) is 3.70. The summed E-state index contributed by atoms with van der Waals surface area (Å²) in [4.78, 5) is 0. The lowest BCUT2D eigenvalue weighted by Crippen LogP contribution is -2.06.